The van der Waals surface area contributed by atoms with Crippen molar-refractivity contribution in [2.45, 2.75) is 10.8 Å². The topological polar surface area (TPSA) is 92.8 Å². The first-order valence-corrected chi connectivity index (χ1v) is 11.2. The monoisotopic (exact) mass is 454 g/mol. The van der Waals surface area contributed by atoms with Crippen LogP contribution in [0.1, 0.15) is 11.5 Å². The first kappa shape index (κ1) is 22.0. The van der Waals surface area contributed by atoms with Crippen LogP contribution in [0.4, 0.5) is 10.1 Å². The van der Waals surface area contributed by atoms with Crippen LogP contribution in [0, 0.1) is 11.7 Å². The number of anilines is 1. The number of likely N-dealkylation sites (N-methyl/N-ethyl adjacent to an activating group) is 1. The van der Waals surface area contributed by atoms with Crippen molar-refractivity contribution in [3.63, 3.8) is 0 Å². The number of halogens is 2. The van der Waals surface area contributed by atoms with Crippen molar-refractivity contribution in [1.29, 1.82) is 0 Å². The molecule has 1 N–H and O–H groups in total. The Morgan fingerprint density at radius 2 is 1.93 bits per heavy atom. The summed E-state index contributed by atoms with van der Waals surface area (Å²) in [5.41, 5.74) is 0.470. The third-order valence-electron chi connectivity index (χ3n) is 5.02. The second kappa shape index (κ2) is 8.23. The summed E-state index contributed by atoms with van der Waals surface area (Å²) in [5.74, 6) is -3.80. The number of rotatable bonds is 5. The third-order valence-corrected chi connectivity index (χ3v) is 6.57. The summed E-state index contributed by atoms with van der Waals surface area (Å²) in [6.45, 7) is 0.180. The van der Waals surface area contributed by atoms with Crippen LogP contribution in [0.5, 0.6) is 5.75 Å². The number of carbonyl (C=O) groups excluding carboxylic acids is 2. The van der Waals surface area contributed by atoms with Crippen molar-refractivity contribution in [2.75, 3.05) is 32.3 Å². The van der Waals surface area contributed by atoms with Crippen molar-refractivity contribution >= 4 is 38.9 Å². The highest BCUT2D eigenvalue weighted by atomic mass is 35.5. The number of benzene rings is 2. The Bertz CT molecular complexity index is 1120. The molecule has 0 aliphatic carbocycles. The number of hydrogen-bond acceptors (Lipinski definition) is 5. The molecule has 1 fully saturated rings. The standard InChI is InChI=1S/C20H20ClFN2O5S/c1-24-10-12(11-8-9-13(22)18(29-2)17(11)21)16(20(24)26)19(25)23-14-6-4-5-7-15(14)30(3,27)28/h4-9,12,16H,10H2,1-3H3,(H,23,25)/t12-,16+/m1/s1. The fraction of sp³-hybridized carbons (Fsp3) is 0.300. The Labute approximate surface area is 178 Å². The van der Waals surface area contributed by atoms with E-state index in [4.69, 9.17) is 16.3 Å². The molecule has 3 rings (SSSR count). The number of ether oxygens (including phenoxy) is 1. The molecule has 0 saturated carbocycles. The number of likely N-dealkylation sites (tertiary alicyclic amines) is 1. The zero-order chi connectivity index (χ0) is 22.2. The van der Waals surface area contributed by atoms with Gasteiger partial charge in [-0.25, -0.2) is 12.8 Å². The molecule has 0 bridgehead atoms. The van der Waals surface area contributed by atoms with Gasteiger partial charge < -0.3 is 15.0 Å². The van der Waals surface area contributed by atoms with Gasteiger partial charge in [-0.2, -0.15) is 0 Å². The Morgan fingerprint density at radius 1 is 1.27 bits per heavy atom. The first-order chi connectivity index (χ1) is 14.1. The fourth-order valence-corrected chi connectivity index (χ4v) is 4.81. The molecule has 1 heterocycles. The largest absolute Gasteiger partial charge is 0.492 e. The number of amides is 2. The summed E-state index contributed by atoms with van der Waals surface area (Å²) >= 11 is 6.30. The Balaban J connectivity index is 2.00. The van der Waals surface area contributed by atoms with E-state index >= 15 is 0 Å². The van der Waals surface area contributed by atoms with Gasteiger partial charge in [0.25, 0.3) is 0 Å². The van der Waals surface area contributed by atoms with Crippen LogP contribution in [0.25, 0.3) is 0 Å². The van der Waals surface area contributed by atoms with Gasteiger partial charge in [0.15, 0.2) is 21.4 Å². The molecule has 0 radical (unpaired) electrons. The molecule has 2 amide bonds. The Hall–Kier alpha value is -2.65. The molecule has 7 nitrogen and oxygen atoms in total. The van der Waals surface area contributed by atoms with E-state index < -0.39 is 39.3 Å². The Kier molecular flexibility index (Phi) is 6.05. The normalized spacial score (nSPS) is 19.1. The highest BCUT2D eigenvalue weighted by Crippen LogP contribution is 2.41. The van der Waals surface area contributed by atoms with Gasteiger partial charge in [-0.1, -0.05) is 29.8 Å². The van der Waals surface area contributed by atoms with E-state index in [9.17, 15) is 22.4 Å². The number of para-hydroxylation sites is 1. The summed E-state index contributed by atoms with van der Waals surface area (Å²) in [5, 5.41) is 2.54. The average Bonchev–Trinajstić information content (AvgIpc) is 2.96. The van der Waals surface area contributed by atoms with Gasteiger partial charge in [0.1, 0.15) is 5.92 Å². The highest BCUT2D eigenvalue weighted by Gasteiger charge is 2.45. The number of hydrogen-bond donors (Lipinski definition) is 1. The van der Waals surface area contributed by atoms with E-state index in [1.165, 1.54) is 36.3 Å². The minimum Gasteiger partial charge on any atom is -0.492 e. The lowest BCUT2D eigenvalue weighted by Gasteiger charge is -2.20. The van der Waals surface area contributed by atoms with E-state index in [1.54, 1.807) is 13.1 Å². The summed E-state index contributed by atoms with van der Waals surface area (Å²) in [4.78, 5) is 27.1. The maximum Gasteiger partial charge on any atom is 0.237 e. The molecule has 10 heteroatoms. The highest BCUT2D eigenvalue weighted by molar-refractivity contribution is 7.90. The maximum absolute atomic E-state index is 13.9. The third kappa shape index (κ3) is 3.99. The molecule has 30 heavy (non-hydrogen) atoms. The summed E-state index contributed by atoms with van der Waals surface area (Å²) < 4.78 is 43.0. The zero-order valence-electron chi connectivity index (χ0n) is 16.5. The number of methoxy groups -OCH3 is 1. The molecule has 160 valence electrons. The average molecular weight is 455 g/mol. The number of carbonyl (C=O) groups is 2. The number of sulfone groups is 1. The van der Waals surface area contributed by atoms with Crippen LogP contribution in [0.2, 0.25) is 5.02 Å². The lowest BCUT2D eigenvalue weighted by Crippen LogP contribution is -2.33. The molecular formula is C20H20ClFN2O5S. The fourth-order valence-electron chi connectivity index (χ4n) is 3.60. The van der Waals surface area contributed by atoms with Gasteiger partial charge in [0, 0.05) is 25.8 Å². The van der Waals surface area contributed by atoms with Crippen LogP contribution in [0.3, 0.4) is 0 Å². The van der Waals surface area contributed by atoms with Gasteiger partial charge in [-0.3, -0.25) is 9.59 Å². The predicted molar refractivity (Wildman–Crippen MR) is 110 cm³/mol. The number of nitrogens with one attached hydrogen (secondary N) is 1. The van der Waals surface area contributed by atoms with Gasteiger partial charge >= 0.3 is 0 Å². The molecule has 2 atom stereocenters. The van der Waals surface area contributed by atoms with Crippen molar-refractivity contribution in [1.82, 2.24) is 4.90 Å². The molecule has 1 saturated heterocycles. The SMILES string of the molecule is COc1c(F)ccc([C@H]2CN(C)C(=O)[C@@H]2C(=O)Nc2ccccc2S(C)(=O)=O)c1Cl. The minimum atomic E-state index is -3.60. The van der Waals surface area contributed by atoms with Crippen LogP contribution < -0.4 is 10.1 Å². The second-order valence-electron chi connectivity index (χ2n) is 7.04. The van der Waals surface area contributed by atoms with E-state index in [0.717, 1.165) is 12.3 Å². The maximum atomic E-state index is 13.9. The van der Waals surface area contributed by atoms with Crippen LogP contribution in [0.15, 0.2) is 41.3 Å². The van der Waals surface area contributed by atoms with Gasteiger partial charge in [0.05, 0.1) is 22.7 Å². The van der Waals surface area contributed by atoms with E-state index in [-0.39, 0.29) is 27.9 Å². The molecule has 0 unspecified atom stereocenters. The van der Waals surface area contributed by atoms with Gasteiger partial charge in [-0.05, 0) is 23.8 Å². The van der Waals surface area contributed by atoms with Crippen molar-refractivity contribution in [3.05, 3.63) is 52.8 Å². The summed E-state index contributed by atoms with van der Waals surface area (Å²) in [7, 11) is -0.789. The molecule has 0 aromatic heterocycles. The molecule has 1 aliphatic rings. The first-order valence-electron chi connectivity index (χ1n) is 8.93. The molecular weight excluding hydrogens is 435 g/mol. The van der Waals surface area contributed by atoms with Crippen LogP contribution >= 0.6 is 11.6 Å². The quantitative estimate of drug-likeness (QED) is 0.701. The van der Waals surface area contributed by atoms with Crippen molar-refractivity contribution in [3.8, 4) is 5.75 Å². The van der Waals surface area contributed by atoms with E-state index in [0.29, 0.717) is 5.56 Å². The van der Waals surface area contributed by atoms with E-state index in [1.807, 2.05) is 0 Å². The lowest BCUT2D eigenvalue weighted by molar-refractivity contribution is -0.135. The van der Waals surface area contributed by atoms with Crippen LogP contribution in [-0.2, 0) is 19.4 Å². The summed E-state index contributed by atoms with van der Waals surface area (Å²) in [6, 6.07) is 8.51. The second-order valence-corrected chi connectivity index (χ2v) is 9.41. The van der Waals surface area contributed by atoms with Crippen molar-refractivity contribution < 1.29 is 27.1 Å². The molecule has 2 aromatic rings. The smallest absolute Gasteiger partial charge is 0.237 e. The van der Waals surface area contributed by atoms with Gasteiger partial charge in [0.2, 0.25) is 11.8 Å². The minimum absolute atomic E-state index is 0.0139. The number of nitrogens with zero attached hydrogens (tertiary/aromatic N) is 1. The molecule has 2 aromatic carbocycles. The molecule has 1 aliphatic heterocycles. The zero-order valence-corrected chi connectivity index (χ0v) is 18.1. The molecule has 0 spiro atoms. The van der Waals surface area contributed by atoms with Crippen molar-refractivity contribution in [2.24, 2.45) is 5.92 Å². The predicted octanol–water partition coefficient (Wildman–Crippen LogP) is 2.70. The Morgan fingerprint density at radius 3 is 2.57 bits per heavy atom. The lowest BCUT2D eigenvalue weighted by atomic mass is 9.87. The van der Waals surface area contributed by atoms with Gasteiger partial charge in [-0.15, -0.1) is 0 Å². The van der Waals surface area contributed by atoms with Crippen LogP contribution in [-0.4, -0.2) is 52.1 Å². The summed E-state index contributed by atoms with van der Waals surface area (Å²) in [6.07, 6.45) is 1.03. The van der Waals surface area contributed by atoms with E-state index in [2.05, 4.69) is 5.32 Å².